The Hall–Kier alpha value is -3.41. The van der Waals surface area contributed by atoms with Crippen molar-refractivity contribution in [3.05, 3.63) is 46.0 Å². The molecule has 11 heteroatoms. The molecule has 0 bridgehead atoms. The van der Waals surface area contributed by atoms with E-state index in [1.54, 1.807) is 10.8 Å². The standard InChI is InChI=1S/C32H42N8O3/c1-21-27-18-34-32(36-30(27)40(24-5-3-4-6-24)31(42)29(21)22(2)41)35-28-8-7-25(17-33-28)39-15-13-38(14-16-39)23-9-11-37(12-10-23)26-19-43-20-26/h7-8,17-18,23-24,26H,3-6,9-16,19-20H2,1-2H3,(H,33,34,35,36). The lowest BCUT2D eigenvalue weighted by molar-refractivity contribution is -0.0763. The van der Waals surface area contributed by atoms with E-state index < -0.39 is 0 Å². The first kappa shape index (κ1) is 28.4. The number of piperazine rings is 1. The van der Waals surface area contributed by atoms with Gasteiger partial charge in [-0.2, -0.15) is 4.98 Å². The molecule has 4 fully saturated rings. The summed E-state index contributed by atoms with van der Waals surface area (Å²) >= 11 is 0. The van der Waals surface area contributed by atoms with Crippen LogP contribution in [-0.2, 0) is 4.74 Å². The molecule has 0 radical (unpaired) electrons. The van der Waals surface area contributed by atoms with Gasteiger partial charge in [-0.3, -0.25) is 24.0 Å². The Morgan fingerprint density at radius 3 is 2.23 bits per heavy atom. The van der Waals surface area contributed by atoms with E-state index in [0.29, 0.717) is 35.1 Å². The van der Waals surface area contributed by atoms with Gasteiger partial charge in [0, 0.05) is 62.9 Å². The van der Waals surface area contributed by atoms with Gasteiger partial charge in [-0.05, 0) is 57.2 Å². The van der Waals surface area contributed by atoms with E-state index in [-0.39, 0.29) is 22.9 Å². The first-order chi connectivity index (χ1) is 21.0. The fourth-order valence-electron chi connectivity index (χ4n) is 7.47. The highest BCUT2D eigenvalue weighted by Gasteiger charge is 2.33. The van der Waals surface area contributed by atoms with E-state index in [9.17, 15) is 9.59 Å². The number of nitrogens with one attached hydrogen (secondary N) is 1. The van der Waals surface area contributed by atoms with Gasteiger partial charge in [0.1, 0.15) is 11.5 Å². The van der Waals surface area contributed by atoms with Gasteiger partial charge in [-0.1, -0.05) is 12.8 Å². The molecule has 7 rings (SSSR count). The molecule has 1 aliphatic carbocycles. The Kier molecular flexibility index (Phi) is 7.87. The molecule has 0 atom stereocenters. The second-order valence-corrected chi connectivity index (χ2v) is 12.6. The lowest BCUT2D eigenvalue weighted by Crippen LogP contribution is -2.57. The fourth-order valence-corrected chi connectivity index (χ4v) is 7.47. The van der Waals surface area contributed by atoms with Gasteiger partial charge < -0.3 is 15.0 Å². The number of hydrogen-bond donors (Lipinski definition) is 1. The van der Waals surface area contributed by atoms with E-state index >= 15 is 0 Å². The number of aryl methyl sites for hydroxylation is 1. The number of rotatable bonds is 7. The molecular formula is C32H42N8O3. The number of carbonyl (C=O) groups excluding carboxylic acids is 1. The van der Waals surface area contributed by atoms with Crippen molar-refractivity contribution in [1.82, 2.24) is 29.3 Å². The van der Waals surface area contributed by atoms with Gasteiger partial charge in [0.15, 0.2) is 5.78 Å². The lowest BCUT2D eigenvalue weighted by Gasteiger charge is -2.46. The highest BCUT2D eigenvalue weighted by molar-refractivity contribution is 5.99. The number of Topliss-reactive ketones (excluding diaryl/α,β-unsaturated/α-hetero) is 1. The number of pyridine rings is 2. The second-order valence-electron chi connectivity index (χ2n) is 12.6. The molecule has 1 saturated carbocycles. The van der Waals surface area contributed by atoms with Crippen LogP contribution in [0.15, 0.2) is 29.3 Å². The zero-order valence-electron chi connectivity index (χ0n) is 25.3. The zero-order chi connectivity index (χ0) is 29.5. The van der Waals surface area contributed by atoms with Crippen LogP contribution in [0.3, 0.4) is 0 Å². The number of likely N-dealkylation sites (tertiary alicyclic amines) is 1. The Bertz CT molecular complexity index is 1530. The van der Waals surface area contributed by atoms with Crippen molar-refractivity contribution in [2.24, 2.45) is 0 Å². The molecule has 1 N–H and O–H groups in total. The fraction of sp³-hybridized carbons (Fsp3) is 0.594. The summed E-state index contributed by atoms with van der Waals surface area (Å²) in [6.07, 6.45) is 10.1. The maximum Gasteiger partial charge on any atom is 0.263 e. The van der Waals surface area contributed by atoms with Crippen molar-refractivity contribution in [2.45, 2.75) is 70.5 Å². The molecule has 6 heterocycles. The number of anilines is 3. The topological polar surface area (TPSA) is 109 Å². The number of piperidine rings is 1. The first-order valence-corrected chi connectivity index (χ1v) is 15.9. The summed E-state index contributed by atoms with van der Waals surface area (Å²) < 4.78 is 7.12. The van der Waals surface area contributed by atoms with Crippen molar-refractivity contribution < 1.29 is 9.53 Å². The SMILES string of the molecule is CC(=O)c1c(C)c2cnc(Nc3ccc(N4CCN(C5CCN(C6COC6)CC5)CC4)cn3)nc2n(C2CCCC2)c1=O. The second kappa shape index (κ2) is 11.9. The maximum atomic E-state index is 13.5. The van der Waals surface area contributed by atoms with Crippen LogP contribution in [0.5, 0.6) is 0 Å². The van der Waals surface area contributed by atoms with Crippen LogP contribution in [-0.4, -0.2) is 99.7 Å². The summed E-state index contributed by atoms with van der Waals surface area (Å²) in [6.45, 7) is 11.6. The van der Waals surface area contributed by atoms with Crippen LogP contribution >= 0.6 is 0 Å². The van der Waals surface area contributed by atoms with E-state index in [4.69, 9.17) is 9.72 Å². The molecule has 43 heavy (non-hydrogen) atoms. The van der Waals surface area contributed by atoms with Gasteiger partial charge in [0.2, 0.25) is 5.95 Å². The first-order valence-electron chi connectivity index (χ1n) is 15.9. The minimum absolute atomic E-state index is 0.0459. The van der Waals surface area contributed by atoms with Crippen molar-refractivity contribution in [2.75, 3.05) is 62.7 Å². The van der Waals surface area contributed by atoms with E-state index in [2.05, 4.69) is 36.1 Å². The normalized spacial score (nSPS) is 21.4. The summed E-state index contributed by atoms with van der Waals surface area (Å²) in [6, 6.07) is 5.45. The van der Waals surface area contributed by atoms with Crippen LogP contribution in [0.1, 0.15) is 67.4 Å². The van der Waals surface area contributed by atoms with E-state index in [0.717, 1.165) is 76.1 Å². The van der Waals surface area contributed by atoms with Crippen molar-refractivity contribution in [1.29, 1.82) is 0 Å². The van der Waals surface area contributed by atoms with Crippen molar-refractivity contribution in [3.8, 4) is 0 Å². The maximum absolute atomic E-state index is 13.5. The Labute approximate surface area is 252 Å². The predicted octanol–water partition coefficient (Wildman–Crippen LogP) is 3.54. The average molecular weight is 587 g/mol. The molecule has 3 aromatic heterocycles. The number of ether oxygens (including phenoxy) is 1. The van der Waals surface area contributed by atoms with Gasteiger partial charge in [-0.25, -0.2) is 9.97 Å². The van der Waals surface area contributed by atoms with Gasteiger partial charge in [0.25, 0.3) is 5.56 Å². The predicted molar refractivity (Wildman–Crippen MR) is 167 cm³/mol. The lowest BCUT2D eigenvalue weighted by atomic mass is 10.00. The molecule has 3 saturated heterocycles. The minimum atomic E-state index is -0.245. The number of carbonyl (C=O) groups is 1. The Morgan fingerprint density at radius 2 is 1.60 bits per heavy atom. The number of aromatic nitrogens is 4. The molecule has 0 aromatic carbocycles. The molecular weight excluding hydrogens is 544 g/mol. The van der Waals surface area contributed by atoms with Crippen molar-refractivity contribution in [3.63, 3.8) is 0 Å². The summed E-state index contributed by atoms with van der Waals surface area (Å²) in [5.74, 6) is 0.820. The zero-order valence-corrected chi connectivity index (χ0v) is 25.3. The van der Waals surface area contributed by atoms with Crippen LogP contribution in [0.25, 0.3) is 11.0 Å². The molecule has 3 aromatic rings. The Morgan fingerprint density at radius 1 is 0.884 bits per heavy atom. The third-order valence-corrected chi connectivity index (χ3v) is 10.1. The Balaban J connectivity index is 1.02. The summed E-state index contributed by atoms with van der Waals surface area (Å²) in [5.41, 5.74) is 2.34. The minimum Gasteiger partial charge on any atom is -0.378 e. The summed E-state index contributed by atoms with van der Waals surface area (Å²) in [7, 11) is 0. The highest BCUT2D eigenvalue weighted by Crippen LogP contribution is 2.32. The van der Waals surface area contributed by atoms with Crippen LogP contribution in [0, 0.1) is 6.92 Å². The number of nitrogens with zero attached hydrogens (tertiary/aromatic N) is 7. The van der Waals surface area contributed by atoms with E-state index in [1.807, 2.05) is 19.2 Å². The smallest absolute Gasteiger partial charge is 0.263 e. The van der Waals surface area contributed by atoms with Gasteiger partial charge in [-0.15, -0.1) is 0 Å². The quantitative estimate of drug-likeness (QED) is 0.413. The third kappa shape index (κ3) is 5.54. The van der Waals surface area contributed by atoms with Crippen molar-refractivity contribution >= 4 is 34.3 Å². The van der Waals surface area contributed by atoms with Gasteiger partial charge in [0.05, 0.1) is 36.7 Å². The summed E-state index contributed by atoms with van der Waals surface area (Å²) in [4.78, 5) is 47.6. The molecule has 0 unspecified atom stereocenters. The molecule has 4 aliphatic rings. The molecule has 3 aliphatic heterocycles. The van der Waals surface area contributed by atoms with E-state index in [1.165, 1.54) is 32.9 Å². The van der Waals surface area contributed by atoms with Gasteiger partial charge >= 0.3 is 0 Å². The number of hydrogen-bond acceptors (Lipinski definition) is 10. The van der Waals surface area contributed by atoms with Crippen LogP contribution in [0.4, 0.5) is 17.5 Å². The average Bonchev–Trinajstić information content (AvgIpc) is 3.52. The highest BCUT2D eigenvalue weighted by atomic mass is 16.5. The monoisotopic (exact) mass is 586 g/mol. The summed E-state index contributed by atoms with van der Waals surface area (Å²) in [5, 5.41) is 3.98. The molecule has 228 valence electrons. The largest absolute Gasteiger partial charge is 0.378 e. The molecule has 11 nitrogen and oxygen atoms in total. The van der Waals surface area contributed by atoms with Crippen LogP contribution in [0.2, 0.25) is 0 Å². The number of ketones is 1. The number of fused-ring (bicyclic) bond motifs is 1. The molecule has 0 spiro atoms. The third-order valence-electron chi connectivity index (χ3n) is 10.1. The van der Waals surface area contributed by atoms with Crippen LogP contribution < -0.4 is 15.8 Å². The molecule has 0 amide bonds.